The summed E-state index contributed by atoms with van der Waals surface area (Å²) in [6, 6.07) is 7.58. The Balaban J connectivity index is 1.36. The van der Waals surface area contributed by atoms with Crippen LogP contribution < -0.4 is 10.1 Å². The van der Waals surface area contributed by atoms with E-state index in [0.717, 1.165) is 35.0 Å². The van der Waals surface area contributed by atoms with E-state index in [2.05, 4.69) is 15.5 Å². The molecule has 0 atom stereocenters. The number of Topliss-reactive ketones (excluding diaryl/α,β-unsaturated/α-hetero) is 1. The maximum Gasteiger partial charge on any atom is 0.243 e. The lowest BCUT2D eigenvalue weighted by Crippen LogP contribution is -2.36. The van der Waals surface area contributed by atoms with Gasteiger partial charge in [-0.25, -0.2) is 17.2 Å². The molecule has 0 aliphatic carbocycles. The number of aromatic amines is 1. The molecular formula is C28H32F2N4O6S. The summed E-state index contributed by atoms with van der Waals surface area (Å²) in [7, 11) is -2.59. The molecule has 10 nitrogen and oxygen atoms in total. The minimum absolute atomic E-state index is 0.0688. The van der Waals surface area contributed by atoms with Gasteiger partial charge in [-0.15, -0.1) is 0 Å². The molecule has 2 N–H and O–H groups in total. The van der Waals surface area contributed by atoms with Gasteiger partial charge in [0.1, 0.15) is 24.0 Å². The summed E-state index contributed by atoms with van der Waals surface area (Å²) < 4.78 is 71.3. The molecular weight excluding hydrogens is 558 g/mol. The summed E-state index contributed by atoms with van der Waals surface area (Å²) >= 11 is 0. The van der Waals surface area contributed by atoms with E-state index in [0.29, 0.717) is 67.2 Å². The zero-order valence-corrected chi connectivity index (χ0v) is 23.4. The molecule has 0 saturated carbocycles. The first-order valence-corrected chi connectivity index (χ1v) is 14.8. The van der Waals surface area contributed by atoms with Gasteiger partial charge in [-0.2, -0.15) is 9.40 Å². The van der Waals surface area contributed by atoms with Crippen molar-refractivity contribution in [3.05, 3.63) is 70.5 Å². The van der Waals surface area contributed by atoms with Crippen LogP contribution in [0, 0.1) is 11.6 Å². The Morgan fingerprint density at radius 2 is 1.90 bits per heavy atom. The zero-order chi connectivity index (χ0) is 29.0. The van der Waals surface area contributed by atoms with Crippen LogP contribution in [0.5, 0.6) is 5.75 Å². The van der Waals surface area contributed by atoms with Gasteiger partial charge in [0.05, 0.1) is 23.6 Å². The lowest BCUT2D eigenvalue weighted by Gasteiger charge is -2.26. The van der Waals surface area contributed by atoms with Gasteiger partial charge in [0.25, 0.3) is 0 Å². The van der Waals surface area contributed by atoms with E-state index in [1.807, 2.05) is 0 Å². The number of carbonyl (C=O) groups is 1. The minimum Gasteiger partial charge on any atom is -0.491 e. The average Bonchev–Trinajstić information content (AvgIpc) is 3.35. The molecule has 3 aromatic rings. The quantitative estimate of drug-likeness (QED) is 0.257. The Labute approximate surface area is 237 Å². The number of benzene rings is 2. The zero-order valence-electron chi connectivity index (χ0n) is 22.6. The SMILES string of the molecule is COCCOc1ccc(C(=O)Cc2n[nH]c3c2CN(S(=O)(=O)c2cc(F)cc(F)c2)CC3)c(NC2CCOCC2)c1. The molecule has 2 aromatic carbocycles. The van der Waals surface area contributed by atoms with Crippen molar-refractivity contribution in [2.24, 2.45) is 0 Å². The lowest BCUT2D eigenvalue weighted by atomic mass is 9.99. The summed E-state index contributed by atoms with van der Waals surface area (Å²) in [5.74, 6) is -1.56. The van der Waals surface area contributed by atoms with Gasteiger partial charge >= 0.3 is 0 Å². The van der Waals surface area contributed by atoms with Crippen molar-refractivity contribution >= 4 is 21.5 Å². The largest absolute Gasteiger partial charge is 0.491 e. The predicted octanol–water partition coefficient (Wildman–Crippen LogP) is 3.48. The number of hydrogen-bond donors (Lipinski definition) is 2. The third kappa shape index (κ3) is 6.75. The highest BCUT2D eigenvalue weighted by Crippen LogP contribution is 2.30. The summed E-state index contributed by atoms with van der Waals surface area (Å²) in [6.45, 7) is 2.08. The van der Waals surface area contributed by atoms with Crippen LogP contribution in [-0.2, 0) is 38.9 Å². The molecule has 2 aliphatic heterocycles. The van der Waals surface area contributed by atoms with Crippen LogP contribution in [0.3, 0.4) is 0 Å². The number of anilines is 1. The Kier molecular flexibility index (Phi) is 8.97. The van der Waals surface area contributed by atoms with Crippen LogP contribution in [0.2, 0.25) is 0 Å². The molecule has 0 amide bonds. The third-order valence-electron chi connectivity index (χ3n) is 7.21. The Morgan fingerprint density at radius 3 is 2.63 bits per heavy atom. The van der Waals surface area contributed by atoms with Crippen molar-refractivity contribution < 1.29 is 36.2 Å². The number of ketones is 1. The molecule has 2 aliphatic rings. The first-order valence-electron chi connectivity index (χ1n) is 13.4. The predicted molar refractivity (Wildman–Crippen MR) is 146 cm³/mol. The van der Waals surface area contributed by atoms with Gasteiger partial charge in [0.2, 0.25) is 10.0 Å². The average molecular weight is 591 g/mol. The number of H-pyrrole nitrogens is 1. The minimum atomic E-state index is -4.18. The van der Waals surface area contributed by atoms with Crippen molar-refractivity contribution in [2.45, 2.75) is 43.2 Å². The topological polar surface area (TPSA) is 123 Å². The highest BCUT2D eigenvalue weighted by molar-refractivity contribution is 7.89. The second kappa shape index (κ2) is 12.6. The van der Waals surface area contributed by atoms with E-state index >= 15 is 0 Å². The van der Waals surface area contributed by atoms with Gasteiger partial charge < -0.3 is 19.5 Å². The van der Waals surface area contributed by atoms with Crippen molar-refractivity contribution in [1.82, 2.24) is 14.5 Å². The molecule has 0 radical (unpaired) electrons. The normalized spacial score (nSPS) is 16.4. The fraction of sp³-hybridized carbons (Fsp3) is 0.429. The van der Waals surface area contributed by atoms with Crippen molar-refractivity contribution in [3.63, 3.8) is 0 Å². The van der Waals surface area contributed by atoms with Crippen LogP contribution in [-0.4, -0.2) is 74.8 Å². The summed E-state index contributed by atoms with van der Waals surface area (Å²) in [6.07, 6.45) is 1.85. The molecule has 0 unspecified atom stereocenters. The second-order valence-corrected chi connectivity index (χ2v) is 11.9. The standard InChI is InChI=1S/C28H32F2N4O6S/c1-38-10-11-40-21-2-3-23(26(15-21)31-20-5-8-39-9-6-20)28(35)16-27-24-17-34(7-4-25(24)32-33-27)41(36,37)22-13-18(29)12-19(30)14-22/h2-3,12-15,20,31H,4-11,16-17H2,1H3,(H,32,33). The molecule has 41 heavy (non-hydrogen) atoms. The van der Waals surface area contributed by atoms with Crippen LogP contribution in [0.1, 0.15) is 40.2 Å². The maximum absolute atomic E-state index is 13.8. The Hall–Kier alpha value is -3.39. The molecule has 13 heteroatoms. The van der Waals surface area contributed by atoms with Gasteiger partial charge in [0, 0.05) is 80.5 Å². The number of halogens is 2. The highest BCUT2D eigenvalue weighted by Gasteiger charge is 2.32. The highest BCUT2D eigenvalue weighted by atomic mass is 32.2. The number of nitrogens with zero attached hydrogens (tertiary/aromatic N) is 2. The van der Waals surface area contributed by atoms with Crippen LogP contribution in [0.15, 0.2) is 41.3 Å². The van der Waals surface area contributed by atoms with Crippen molar-refractivity contribution in [2.75, 3.05) is 45.4 Å². The Morgan fingerprint density at radius 1 is 1.15 bits per heavy atom. The summed E-state index contributed by atoms with van der Waals surface area (Å²) in [5, 5.41) is 10.7. The molecule has 3 heterocycles. The number of nitrogens with one attached hydrogen (secondary N) is 2. The van der Waals surface area contributed by atoms with Crippen LogP contribution in [0.25, 0.3) is 0 Å². The molecule has 0 spiro atoms. The Bertz CT molecular complexity index is 1490. The van der Waals surface area contributed by atoms with E-state index in [-0.39, 0.29) is 31.3 Å². The molecule has 220 valence electrons. The molecule has 0 bridgehead atoms. The monoisotopic (exact) mass is 590 g/mol. The molecule has 1 fully saturated rings. The van der Waals surface area contributed by atoms with Crippen molar-refractivity contribution in [1.29, 1.82) is 0 Å². The fourth-order valence-corrected chi connectivity index (χ4v) is 6.49. The van der Waals surface area contributed by atoms with Gasteiger partial charge in [-0.1, -0.05) is 0 Å². The van der Waals surface area contributed by atoms with E-state index in [4.69, 9.17) is 14.2 Å². The number of ether oxygens (including phenoxy) is 3. The lowest BCUT2D eigenvalue weighted by molar-refractivity contribution is 0.0904. The van der Waals surface area contributed by atoms with Crippen LogP contribution in [0.4, 0.5) is 14.5 Å². The smallest absolute Gasteiger partial charge is 0.243 e. The first-order chi connectivity index (χ1) is 19.7. The number of carbonyl (C=O) groups excluding carboxylic acids is 1. The van der Waals surface area contributed by atoms with Crippen LogP contribution >= 0.6 is 0 Å². The van der Waals surface area contributed by atoms with E-state index in [1.165, 1.54) is 0 Å². The first kappa shape index (κ1) is 29.1. The number of fused-ring (bicyclic) bond motifs is 1. The van der Waals surface area contributed by atoms with Gasteiger partial charge in [0.15, 0.2) is 5.78 Å². The van der Waals surface area contributed by atoms with E-state index in [9.17, 15) is 22.0 Å². The summed E-state index contributed by atoms with van der Waals surface area (Å²) in [5.41, 5.74) is 2.84. The van der Waals surface area contributed by atoms with E-state index < -0.39 is 26.6 Å². The third-order valence-corrected chi connectivity index (χ3v) is 9.04. The second-order valence-electron chi connectivity index (χ2n) is 10.0. The van der Waals surface area contributed by atoms with Gasteiger partial charge in [-0.05, 0) is 37.1 Å². The van der Waals surface area contributed by atoms with Gasteiger partial charge in [-0.3, -0.25) is 9.89 Å². The van der Waals surface area contributed by atoms with Crippen molar-refractivity contribution in [3.8, 4) is 5.75 Å². The number of aromatic nitrogens is 2. The fourth-order valence-electron chi connectivity index (χ4n) is 5.04. The molecule has 1 saturated heterocycles. The van der Waals surface area contributed by atoms with E-state index in [1.54, 1.807) is 25.3 Å². The number of methoxy groups -OCH3 is 1. The number of rotatable bonds is 11. The summed E-state index contributed by atoms with van der Waals surface area (Å²) in [4.78, 5) is 13.2. The number of hydrogen-bond acceptors (Lipinski definition) is 8. The maximum atomic E-state index is 13.8. The molecule has 5 rings (SSSR count). The number of sulfonamides is 1. The molecule has 1 aromatic heterocycles.